The first-order valence-corrected chi connectivity index (χ1v) is 6.93. The molecule has 1 saturated carbocycles. The van der Waals surface area contributed by atoms with Gasteiger partial charge in [-0.05, 0) is 62.5 Å². The van der Waals surface area contributed by atoms with Crippen molar-refractivity contribution < 1.29 is 4.79 Å². The van der Waals surface area contributed by atoms with Gasteiger partial charge in [-0.2, -0.15) is 0 Å². The Morgan fingerprint density at radius 2 is 2.22 bits per heavy atom. The van der Waals surface area contributed by atoms with E-state index in [-0.39, 0.29) is 5.78 Å². The molecule has 2 aliphatic rings. The van der Waals surface area contributed by atoms with Crippen LogP contribution in [0, 0.1) is 5.41 Å². The maximum atomic E-state index is 10.8. The summed E-state index contributed by atoms with van der Waals surface area (Å²) < 4.78 is 0. The summed E-state index contributed by atoms with van der Waals surface area (Å²) in [6, 6.07) is 0. The molecule has 0 amide bonds. The third kappa shape index (κ3) is 4.14. The van der Waals surface area contributed by atoms with Gasteiger partial charge in [0, 0.05) is 0 Å². The van der Waals surface area contributed by atoms with Gasteiger partial charge in [0.05, 0.1) is 0 Å². The molecule has 0 radical (unpaired) electrons. The van der Waals surface area contributed by atoms with E-state index in [0.29, 0.717) is 5.41 Å². The highest BCUT2D eigenvalue weighted by Crippen LogP contribution is 2.51. The van der Waals surface area contributed by atoms with Crippen LogP contribution in [0.1, 0.15) is 45.4 Å². The molecule has 1 heteroatoms. The van der Waals surface area contributed by atoms with Gasteiger partial charge in [0.15, 0.2) is 5.78 Å². The van der Waals surface area contributed by atoms with Crippen molar-refractivity contribution in [2.45, 2.75) is 45.4 Å². The van der Waals surface area contributed by atoms with Gasteiger partial charge >= 0.3 is 0 Å². The van der Waals surface area contributed by atoms with Crippen LogP contribution in [-0.2, 0) is 4.79 Å². The fourth-order valence-electron chi connectivity index (χ4n) is 2.31. The van der Waals surface area contributed by atoms with Crippen LogP contribution in [0.3, 0.4) is 0 Å². The van der Waals surface area contributed by atoms with Crippen molar-refractivity contribution in [3.05, 3.63) is 48.1 Å². The van der Waals surface area contributed by atoms with Crippen LogP contribution >= 0.6 is 0 Å². The summed E-state index contributed by atoms with van der Waals surface area (Å²) in [5.41, 5.74) is 1.78. The smallest absolute Gasteiger partial charge is 0.152 e. The molecule has 0 aliphatic heterocycles. The van der Waals surface area contributed by atoms with Crippen LogP contribution in [0.4, 0.5) is 0 Å². The van der Waals surface area contributed by atoms with Crippen LogP contribution < -0.4 is 0 Å². The first kappa shape index (κ1) is 13.1. The molecule has 1 nitrogen and oxygen atoms in total. The van der Waals surface area contributed by atoms with Crippen molar-refractivity contribution >= 4 is 5.78 Å². The minimum atomic E-state index is 0.146. The Bertz CT molecular complexity index is 417. The Morgan fingerprint density at radius 3 is 2.83 bits per heavy atom. The molecule has 2 aliphatic carbocycles. The molecule has 0 N–H and O–H groups in total. The van der Waals surface area contributed by atoms with Crippen LogP contribution in [-0.4, -0.2) is 5.78 Å². The predicted molar refractivity (Wildman–Crippen MR) is 76.3 cm³/mol. The maximum Gasteiger partial charge on any atom is 0.152 e. The molecule has 1 fully saturated rings. The Labute approximate surface area is 110 Å². The SMILES string of the molecule is CC(=O)/C=C/CCC1(/C=C/C2=CCCC=C2)CC1. The van der Waals surface area contributed by atoms with Gasteiger partial charge < -0.3 is 0 Å². The van der Waals surface area contributed by atoms with Crippen molar-refractivity contribution in [3.63, 3.8) is 0 Å². The molecule has 0 aromatic heterocycles. The van der Waals surface area contributed by atoms with Gasteiger partial charge in [-0.1, -0.05) is 36.5 Å². The zero-order valence-electron chi connectivity index (χ0n) is 11.2. The first-order valence-electron chi connectivity index (χ1n) is 6.93. The summed E-state index contributed by atoms with van der Waals surface area (Å²) in [5, 5.41) is 0. The minimum absolute atomic E-state index is 0.146. The lowest BCUT2D eigenvalue weighted by molar-refractivity contribution is -0.112. The molecule has 0 bridgehead atoms. The number of rotatable bonds is 6. The molecule has 2 rings (SSSR count). The highest BCUT2D eigenvalue weighted by molar-refractivity contribution is 5.87. The Hall–Kier alpha value is -1.37. The second-order valence-electron chi connectivity index (χ2n) is 5.43. The number of carbonyl (C=O) groups is 1. The zero-order valence-corrected chi connectivity index (χ0v) is 11.2. The lowest BCUT2D eigenvalue weighted by Gasteiger charge is -2.08. The second-order valence-corrected chi connectivity index (χ2v) is 5.43. The summed E-state index contributed by atoms with van der Waals surface area (Å²) in [7, 11) is 0. The molecule has 0 aromatic carbocycles. The van der Waals surface area contributed by atoms with E-state index in [1.54, 1.807) is 13.0 Å². The van der Waals surface area contributed by atoms with Crippen molar-refractivity contribution in [3.8, 4) is 0 Å². The van der Waals surface area contributed by atoms with E-state index >= 15 is 0 Å². The average molecular weight is 242 g/mol. The molecule has 0 atom stereocenters. The highest BCUT2D eigenvalue weighted by atomic mass is 16.1. The number of hydrogen-bond donors (Lipinski definition) is 0. The van der Waals surface area contributed by atoms with E-state index < -0.39 is 0 Å². The van der Waals surface area contributed by atoms with E-state index in [1.807, 2.05) is 6.08 Å². The van der Waals surface area contributed by atoms with Crippen LogP contribution in [0.15, 0.2) is 48.1 Å². The Morgan fingerprint density at radius 1 is 1.39 bits per heavy atom. The molecule has 96 valence electrons. The molecular weight excluding hydrogens is 220 g/mol. The topological polar surface area (TPSA) is 17.1 Å². The normalized spacial score (nSPS) is 21.5. The monoisotopic (exact) mass is 242 g/mol. The van der Waals surface area contributed by atoms with Crippen LogP contribution in [0.2, 0.25) is 0 Å². The standard InChI is InChI=1S/C17H22O/c1-15(18)7-5-6-11-17(13-14-17)12-10-16-8-3-2-4-9-16/h3,5,7-10,12H,2,4,6,11,13-14H2,1H3/b7-5+,12-10+. The van der Waals surface area contributed by atoms with E-state index in [4.69, 9.17) is 0 Å². The fraction of sp³-hybridized carbons (Fsp3) is 0.471. The maximum absolute atomic E-state index is 10.8. The first-order chi connectivity index (χ1) is 8.70. The van der Waals surface area contributed by atoms with Gasteiger partial charge in [0.1, 0.15) is 0 Å². The average Bonchev–Trinajstić information content (AvgIpc) is 3.14. The largest absolute Gasteiger partial charge is 0.295 e. The quantitative estimate of drug-likeness (QED) is 0.626. The van der Waals surface area contributed by atoms with Crippen molar-refractivity contribution in [2.75, 3.05) is 0 Å². The van der Waals surface area contributed by atoms with Crippen LogP contribution in [0.25, 0.3) is 0 Å². The van der Waals surface area contributed by atoms with Gasteiger partial charge in [-0.25, -0.2) is 0 Å². The molecule has 0 unspecified atom stereocenters. The summed E-state index contributed by atoms with van der Waals surface area (Å²) in [6.07, 6.45) is 22.3. The summed E-state index contributed by atoms with van der Waals surface area (Å²) in [4.78, 5) is 10.8. The van der Waals surface area contributed by atoms with E-state index in [1.165, 1.54) is 37.7 Å². The lowest BCUT2D eigenvalue weighted by atomic mass is 9.97. The van der Waals surface area contributed by atoms with Crippen molar-refractivity contribution in [1.82, 2.24) is 0 Å². The van der Waals surface area contributed by atoms with Crippen molar-refractivity contribution in [1.29, 1.82) is 0 Å². The molecule has 0 heterocycles. The summed E-state index contributed by atoms with van der Waals surface area (Å²) in [5.74, 6) is 0.146. The van der Waals surface area contributed by atoms with Gasteiger partial charge in [-0.3, -0.25) is 4.79 Å². The molecule has 0 spiro atoms. The number of carbonyl (C=O) groups excluding carboxylic acids is 1. The van der Waals surface area contributed by atoms with Gasteiger partial charge in [0.2, 0.25) is 0 Å². The third-order valence-corrected chi connectivity index (χ3v) is 3.71. The fourth-order valence-corrected chi connectivity index (χ4v) is 2.31. The number of ketones is 1. The Balaban J connectivity index is 1.81. The third-order valence-electron chi connectivity index (χ3n) is 3.71. The van der Waals surface area contributed by atoms with Gasteiger partial charge in [-0.15, -0.1) is 0 Å². The second kappa shape index (κ2) is 5.99. The predicted octanol–water partition coefficient (Wildman–Crippen LogP) is 4.52. The van der Waals surface area contributed by atoms with Crippen molar-refractivity contribution in [2.24, 2.45) is 5.41 Å². The van der Waals surface area contributed by atoms with E-state index in [0.717, 1.165) is 6.42 Å². The van der Waals surface area contributed by atoms with Crippen LogP contribution in [0.5, 0.6) is 0 Å². The zero-order chi connectivity index (χ0) is 12.8. The molecule has 0 aromatic rings. The molecule has 0 saturated heterocycles. The van der Waals surface area contributed by atoms with Gasteiger partial charge in [0.25, 0.3) is 0 Å². The Kier molecular flexibility index (Phi) is 4.35. The lowest BCUT2D eigenvalue weighted by Crippen LogP contribution is -1.95. The highest BCUT2D eigenvalue weighted by Gasteiger charge is 2.38. The molecular formula is C17H22O. The number of allylic oxidation sites excluding steroid dienone is 8. The minimum Gasteiger partial charge on any atom is -0.295 e. The summed E-state index contributed by atoms with van der Waals surface area (Å²) in [6.45, 7) is 1.60. The number of hydrogen-bond acceptors (Lipinski definition) is 1. The summed E-state index contributed by atoms with van der Waals surface area (Å²) >= 11 is 0. The van der Waals surface area contributed by atoms with E-state index in [9.17, 15) is 4.79 Å². The molecule has 18 heavy (non-hydrogen) atoms. The van der Waals surface area contributed by atoms with E-state index in [2.05, 4.69) is 30.4 Å².